The van der Waals surface area contributed by atoms with Gasteiger partial charge in [-0.2, -0.15) is 13.2 Å². The number of carbonyl (C=O) groups excluding carboxylic acids is 1. The van der Waals surface area contributed by atoms with Crippen molar-refractivity contribution in [3.8, 4) is 0 Å². The molecule has 0 aliphatic rings. The van der Waals surface area contributed by atoms with Crippen molar-refractivity contribution < 1.29 is 22.7 Å². The van der Waals surface area contributed by atoms with E-state index >= 15 is 0 Å². The fourth-order valence-electron chi connectivity index (χ4n) is 1.38. The minimum atomic E-state index is -4.33. The first-order valence-corrected chi connectivity index (χ1v) is 4.84. The Kier molecular flexibility index (Phi) is 4.11. The third-order valence-electron chi connectivity index (χ3n) is 2.19. The number of benzene rings is 1. The highest BCUT2D eigenvalue weighted by molar-refractivity contribution is 5.89. The fourth-order valence-corrected chi connectivity index (χ4v) is 1.38. The minimum absolute atomic E-state index is 0.183. The normalized spacial score (nSPS) is 13.2. The van der Waals surface area contributed by atoms with E-state index in [-0.39, 0.29) is 11.1 Å². The molecule has 0 saturated carbocycles. The van der Waals surface area contributed by atoms with E-state index in [1.807, 2.05) is 0 Å². The van der Waals surface area contributed by atoms with Crippen LogP contribution in [-0.2, 0) is 4.74 Å². The number of esters is 1. The first kappa shape index (κ1) is 13.5. The number of alkyl halides is 3. The molecule has 0 heterocycles. The molecule has 0 fully saturated rings. The summed E-state index contributed by atoms with van der Waals surface area (Å²) in [6.07, 6.45) is -5.46. The van der Waals surface area contributed by atoms with Gasteiger partial charge in [0.05, 0.1) is 19.1 Å². The topological polar surface area (TPSA) is 52.3 Å². The Bertz CT molecular complexity index is 404. The summed E-state index contributed by atoms with van der Waals surface area (Å²) < 4.78 is 40.9. The summed E-state index contributed by atoms with van der Waals surface area (Å²) in [6.45, 7) is 0. The van der Waals surface area contributed by atoms with E-state index in [4.69, 9.17) is 5.73 Å². The van der Waals surface area contributed by atoms with Crippen molar-refractivity contribution >= 4 is 5.97 Å². The summed E-state index contributed by atoms with van der Waals surface area (Å²) in [5.41, 5.74) is 5.86. The molecule has 0 amide bonds. The van der Waals surface area contributed by atoms with Gasteiger partial charge in [0, 0.05) is 6.04 Å². The Hall–Kier alpha value is -1.56. The standard InChI is InChI=1S/C11H12F3NO2/c1-17-10(16)8-4-2-3-7(5-8)9(15)6-11(12,13)14/h2-5,9H,6,15H2,1H3/t9-/m0/s1. The zero-order valence-electron chi connectivity index (χ0n) is 9.12. The molecule has 94 valence electrons. The van der Waals surface area contributed by atoms with Crippen molar-refractivity contribution in [3.63, 3.8) is 0 Å². The molecule has 0 aromatic heterocycles. The van der Waals surface area contributed by atoms with Gasteiger partial charge in [0.15, 0.2) is 0 Å². The van der Waals surface area contributed by atoms with Gasteiger partial charge < -0.3 is 10.5 Å². The maximum absolute atomic E-state index is 12.1. The highest BCUT2D eigenvalue weighted by atomic mass is 19.4. The predicted molar refractivity (Wildman–Crippen MR) is 55.4 cm³/mol. The van der Waals surface area contributed by atoms with E-state index in [0.717, 1.165) is 0 Å². The SMILES string of the molecule is COC(=O)c1cccc([C@@H](N)CC(F)(F)F)c1. The zero-order chi connectivity index (χ0) is 13.1. The molecule has 0 bridgehead atoms. The molecule has 1 atom stereocenters. The molecule has 0 aliphatic heterocycles. The lowest BCUT2D eigenvalue weighted by Gasteiger charge is -2.14. The van der Waals surface area contributed by atoms with Gasteiger partial charge in [0.2, 0.25) is 0 Å². The summed E-state index contributed by atoms with van der Waals surface area (Å²) in [4.78, 5) is 11.2. The van der Waals surface area contributed by atoms with Crippen molar-refractivity contribution in [2.45, 2.75) is 18.6 Å². The summed E-state index contributed by atoms with van der Waals surface area (Å²) >= 11 is 0. The predicted octanol–water partition coefficient (Wildman–Crippen LogP) is 2.43. The third kappa shape index (κ3) is 4.07. The molecular formula is C11H12F3NO2. The second-order valence-corrected chi connectivity index (χ2v) is 3.54. The summed E-state index contributed by atoms with van der Waals surface area (Å²) in [5.74, 6) is -0.606. The number of hydrogen-bond donors (Lipinski definition) is 1. The number of rotatable bonds is 3. The van der Waals surface area contributed by atoms with Gasteiger partial charge in [-0.05, 0) is 17.7 Å². The largest absolute Gasteiger partial charge is 0.465 e. The molecule has 0 aliphatic carbocycles. The number of methoxy groups -OCH3 is 1. The number of hydrogen-bond acceptors (Lipinski definition) is 3. The van der Waals surface area contributed by atoms with Crippen LogP contribution in [0.1, 0.15) is 28.4 Å². The van der Waals surface area contributed by atoms with E-state index < -0.39 is 24.6 Å². The lowest BCUT2D eigenvalue weighted by Crippen LogP contribution is -2.20. The Balaban J connectivity index is 2.88. The first-order valence-electron chi connectivity index (χ1n) is 4.84. The van der Waals surface area contributed by atoms with Gasteiger partial charge in [-0.25, -0.2) is 4.79 Å². The van der Waals surface area contributed by atoms with Gasteiger partial charge in [0.1, 0.15) is 0 Å². The molecule has 2 N–H and O–H groups in total. The van der Waals surface area contributed by atoms with Crippen LogP contribution in [0.2, 0.25) is 0 Å². The number of nitrogens with two attached hydrogens (primary N) is 1. The second-order valence-electron chi connectivity index (χ2n) is 3.54. The molecule has 0 spiro atoms. The number of carbonyl (C=O) groups is 1. The van der Waals surface area contributed by atoms with E-state index in [0.29, 0.717) is 0 Å². The van der Waals surface area contributed by atoms with Crippen LogP contribution >= 0.6 is 0 Å². The Morgan fingerprint density at radius 3 is 2.65 bits per heavy atom. The Morgan fingerprint density at radius 2 is 2.12 bits per heavy atom. The number of halogens is 3. The van der Waals surface area contributed by atoms with Crippen molar-refractivity contribution in [1.82, 2.24) is 0 Å². The molecule has 1 aromatic rings. The molecular weight excluding hydrogens is 235 g/mol. The third-order valence-corrected chi connectivity index (χ3v) is 2.19. The molecule has 0 unspecified atom stereocenters. The highest BCUT2D eigenvalue weighted by Gasteiger charge is 2.31. The Morgan fingerprint density at radius 1 is 1.47 bits per heavy atom. The van der Waals surface area contributed by atoms with E-state index in [2.05, 4.69) is 4.74 Å². The van der Waals surface area contributed by atoms with Crippen molar-refractivity contribution in [3.05, 3.63) is 35.4 Å². The second kappa shape index (κ2) is 5.18. The van der Waals surface area contributed by atoms with Gasteiger partial charge >= 0.3 is 12.1 Å². The summed E-state index contributed by atoms with van der Waals surface area (Å²) in [6, 6.07) is 4.50. The van der Waals surface area contributed by atoms with Crippen LogP contribution in [0.4, 0.5) is 13.2 Å². The van der Waals surface area contributed by atoms with Crippen LogP contribution in [-0.4, -0.2) is 19.3 Å². The van der Waals surface area contributed by atoms with Crippen LogP contribution in [0.25, 0.3) is 0 Å². The van der Waals surface area contributed by atoms with Crippen LogP contribution < -0.4 is 5.73 Å². The lowest BCUT2D eigenvalue weighted by molar-refractivity contribution is -0.138. The van der Waals surface area contributed by atoms with Crippen LogP contribution in [0.5, 0.6) is 0 Å². The van der Waals surface area contributed by atoms with Crippen molar-refractivity contribution in [1.29, 1.82) is 0 Å². The molecule has 0 radical (unpaired) electrons. The van der Waals surface area contributed by atoms with Crippen molar-refractivity contribution in [2.24, 2.45) is 5.73 Å². The average Bonchev–Trinajstić information content (AvgIpc) is 2.26. The zero-order valence-corrected chi connectivity index (χ0v) is 9.12. The van der Waals surface area contributed by atoms with Crippen LogP contribution in [0, 0.1) is 0 Å². The average molecular weight is 247 g/mol. The quantitative estimate of drug-likeness (QED) is 0.834. The monoisotopic (exact) mass is 247 g/mol. The van der Waals surface area contributed by atoms with E-state index in [1.165, 1.54) is 31.4 Å². The maximum Gasteiger partial charge on any atom is 0.390 e. The molecule has 0 saturated heterocycles. The minimum Gasteiger partial charge on any atom is -0.465 e. The van der Waals surface area contributed by atoms with Crippen LogP contribution in [0.15, 0.2) is 24.3 Å². The highest BCUT2D eigenvalue weighted by Crippen LogP contribution is 2.28. The van der Waals surface area contributed by atoms with Gasteiger partial charge in [0.25, 0.3) is 0 Å². The van der Waals surface area contributed by atoms with E-state index in [1.54, 1.807) is 0 Å². The fraction of sp³-hybridized carbons (Fsp3) is 0.364. The van der Waals surface area contributed by atoms with Gasteiger partial charge in [-0.1, -0.05) is 12.1 Å². The van der Waals surface area contributed by atoms with Gasteiger partial charge in [-0.15, -0.1) is 0 Å². The van der Waals surface area contributed by atoms with Crippen LogP contribution in [0.3, 0.4) is 0 Å². The lowest BCUT2D eigenvalue weighted by atomic mass is 10.0. The summed E-state index contributed by atoms with van der Waals surface area (Å²) in [5, 5.41) is 0. The molecule has 6 heteroatoms. The van der Waals surface area contributed by atoms with Gasteiger partial charge in [-0.3, -0.25) is 0 Å². The Labute approximate surface area is 96.4 Å². The molecule has 1 rings (SSSR count). The smallest absolute Gasteiger partial charge is 0.390 e. The molecule has 17 heavy (non-hydrogen) atoms. The van der Waals surface area contributed by atoms with Crippen molar-refractivity contribution in [2.75, 3.05) is 7.11 Å². The maximum atomic E-state index is 12.1. The van der Waals surface area contributed by atoms with E-state index in [9.17, 15) is 18.0 Å². The molecule has 3 nitrogen and oxygen atoms in total. The first-order chi connectivity index (χ1) is 7.83. The summed E-state index contributed by atoms with van der Waals surface area (Å²) in [7, 11) is 1.20. The molecule has 1 aromatic carbocycles. The number of ether oxygens (including phenoxy) is 1.